The number of hydrogen-bond acceptors (Lipinski definition) is 3. The lowest BCUT2D eigenvalue weighted by molar-refractivity contribution is -0.125. The summed E-state index contributed by atoms with van der Waals surface area (Å²) in [5, 5.41) is 3.37. The molecule has 1 N–H and O–H groups in total. The van der Waals surface area contributed by atoms with Crippen LogP contribution in [0.1, 0.15) is 44.1 Å². The minimum Gasteiger partial charge on any atom is -0.497 e. The molecule has 0 spiro atoms. The summed E-state index contributed by atoms with van der Waals surface area (Å²) in [4.78, 5) is 15.2. The van der Waals surface area contributed by atoms with E-state index in [0.717, 1.165) is 51.1 Å². The molecular formula is C21H30N2O2. The van der Waals surface area contributed by atoms with Gasteiger partial charge in [-0.3, -0.25) is 4.79 Å². The highest BCUT2D eigenvalue weighted by molar-refractivity contribution is 5.79. The number of rotatable bonds is 6. The van der Waals surface area contributed by atoms with E-state index in [1.54, 1.807) is 7.11 Å². The third kappa shape index (κ3) is 4.43. The van der Waals surface area contributed by atoms with E-state index >= 15 is 0 Å². The van der Waals surface area contributed by atoms with Crippen LogP contribution >= 0.6 is 0 Å². The number of amides is 1. The standard InChI is InChI=1S/C21H30N2O2/c1-3-13-23-14-19(16-9-11-18(25-2)12-10-16)20(15-23)22-21(24)17-7-5-4-6-8-17/h4-5,9-12,17,19-20H,3,6-8,13-15H2,1-2H3,(H,22,24)/t17-,19+,20-/m0/s1. The zero-order valence-electron chi connectivity index (χ0n) is 15.4. The Morgan fingerprint density at radius 2 is 2.04 bits per heavy atom. The molecule has 1 saturated heterocycles. The van der Waals surface area contributed by atoms with Gasteiger partial charge in [0.1, 0.15) is 5.75 Å². The number of ether oxygens (including phenoxy) is 1. The largest absolute Gasteiger partial charge is 0.497 e. The molecular weight excluding hydrogens is 312 g/mol. The van der Waals surface area contributed by atoms with Crippen LogP contribution in [0.3, 0.4) is 0 Å². The monoisotopic (exact) mass is 342 g/mol. The van der Waals surface area contributed by atoms with Crippen molar-refractivity contribution in [2.45, 2.75) is 44.6 Å². The summed E-state index contributed by atoms with van der Waals surface area (Å²) in [5.74, 6) is 1.59. The van der Waals surface area contributed by atoms with Crippen molar-refractivity contribution in [2.75, 3.05) is 26.7 Å². The van der Waals surface area contributed by atoms with Gasteiger partial charge >= 0.3 is 0 Å². The molecule has 0 saturated carbocycles. The second-order valence-corrected chi connectivity index (χ2v) is 7.24. The highest BCUT2D eigenvalue weighted by atomic mass is 16.5. The number of methoxy groups -OCH3 is 1. The zero-order valence-corrected chi connectivity index (χ0v) is 15.4. The molecule has 1 amide bonds. The van der Waals surface area contributed by atoms with Crippen LogP contribution in [0.4, 0.5) is 0 Å². The molecule has 4 heteroatoms. The predicted molar refractivity (Wildman–Crippen MR) is 101 cm³/mol. The first-order valence-electron chi connectivity index (χ1n) is 9.53. The maximum atomic E-state index is 12.7. The number of likely N-dealkylation sites (tertiary alicyclic amines) is 1. The van der Waals surface area contributed by atoms with Gasteiger partial charge in [-0.1, -0.05) is 31.2 Å². The topological polar surface area (TPSA) is 41.6 Å². The van der Waals surface area contributed by atoms with Crippen molar-refractivity contribution in [3.8, 4) is 5.75 Å². The van der Waals surface area contributed by atoms with Gasteiger partial charge in [-0.05, 0) is 49.9 Å². The quantitative estimate of drug-likeness (QED) is 0.806. The highest BCUT2D eigenvalue weighted by Gasteiger charge is 2.35. The minimum atomic E-state index is 0.141. The molecule has 0 aromatic heterocycles. The van der Waals surface area contributed by atoms with Gasteiger partial charge in [0.15, 0.2) is 0 Å². The number of benzene rings is 1. The van der Waals surface area contributed by atoms with Gasteiger partial charge in [-0.2, -0.15) is 0 Å². The van der Waals surface area contributed by atoms with E-state index in [1.165, 1.54) is 5.56 Å². The minimum absolute atomic E-state index is 0.141. The van der Waals surface area contributed by atoms with Gasteiger partial charge in [0.05, 0.1) is 7.11 Å². The highest BCUT2D eigenvalue weighted by Crippen LogP contribution is 2.30. The molecule has 0 radical (unpaired) electrons. The summed E-state index contributed by atoms with van der Waals surface area (Å²) in [6.45, 7) is 5.25. The Morgan fingerprint density at radius 3 is 2.68 bits per heavy atom. The second kappa shape index (κ2) is 8.52. The zero-order chi connectivity index (χ0) is 17.6. The van der Waals surface area contributed by atoms with Crippen molar-refractivity contribution in [1.29, 1.82) is 0 Å². The summed E-state index contributed by atoms with van der Waals surface area (Å²) in [6.07, 6.45) is 8.34. The smallest absolute Gasteiger partial charge is 0.223 e. The first-order valence-corrected chi connectivity index (χ1v) is 9.53. The molecule has 1 aromatic carbocycles. The lowest BCUT2D eigenvalue weighted by atomic mass is 9.91. The van der Waals surface area contributed by atoms with Crippen LogP contribution in [0, 0.1) is 5.92 Å². The molecule has 1 heterocycles. The van der Waals surface area contributed by atoms with Crippen molar-refractivity contribution in [1.82, 2.24) is 10.2 Å². The second-order valence-electron chi connectivity index (χ2n) is 7.24. The van der Waals surface area contributed by atoms with Crippen LogP contribution in [0.25, 0.3) is 0 Å². The molecule has 25 heavy (non-hydrogen) atoms. The summed E-state index contributed by atoms with van der Waals surface area (Å²) in [5.41, 5.74) is 1.29. The number of hydrogen-bond donors (Lipinski definition) is 1. The van der Waals surface area contributed by atoms with Gasteiger partial charge in [0.25, 0.3) is 0 Å². The van der Waals surface area contributed by atoms with Crippen molar-refractivity contribution < 1.29 is 9.53 Å². The Balaban J connectivity index is 1.71. The first-order chi connectivity index (χ1) is 12.2. The van der Waals surface area contributed by atoms with Crippen LogP contribution in [0.15, 0.2) is 36.4 Å². The fourth-order valence-electron chi connectivity index (χ4n) is 4.05. The maximum absolute atomic E-state index is 12.7. The van der Waals surface area contributed by atoms with E-state index < -0.39 is 0 Å². The molecule has 136 valence electrons. The molecule has 1 aliphatic carbocycles. The molecule has 1 aliphatic heterocycles. The summed E-state index contributed by atoms with van der Waals surface area (Å²) in [6, 6.07) is 8.51. The Morgan fingerprint density at radius 1 is 1.24 bits per heavy atom. The van der Waals surface area contributed by atoms with Crippen molar-refractivity contribution in [2.24, 2.45) is 5.92 Å². The molecule has 0 unspecified atom stereocenters. The normalized spacial score (nSPS) is 26.6. The van der Waals surface area contributed by atoms with E-state index in [4.69, 9.17) is 4.74 Å². The predicted octanol–water partition coefficient (Wildman–Crippen LogP) is 3.35. The van der Waals surface area contributed by atoms with E-state index in [2.05, 4.69) is 41.4 Å². The Bertz CT molecular complexity index is 596. The summed E-state index contributed by atoms with van der Waals surface area (Å²) >= 11 is 0. The Hall–Kier alpha value is -1.81. The number of carbonyl (C=O) groups excluding carboxylic acids is 1. The molecule has 3 rings (SSSR count). The van der Waals surface area contributed by atoms with Crippen LogP contribution in [-0.2, 0) is 4.79 Å². The van der Waals surface area contributed by atoms with Gasteiger partial charge in [0.2, 0.25) is 5.91 Å². The average Bonchev–Trinajstić information content (AvgIpc) is 3.05. The van der Waals surface area contributed by atoms with Gasteiger partial charge in [-0.25, -0.2) is 0 Å². The Kier molecular flexibility index (Phi) is 6.14. The molecule has 1 aromatic rings. The Labute approximate surface area is 151 Å². The lowest BCUT2D eigenvalue weighted by Gasteiger charge is -2.24. The lowest BCUT2D eigenvalue weighted by Crippen LogP contribution is -2.43. The number of allylic oxidation sites excluding steroid dienone is 2. The van der Waals surface area contributed by atoms with E-state index in [0.29, 0.717) is 5.92 Å². The first kappa shape index (κ1) is 18.0. The van der Waals surface area contributed by atoms with Gasteiger partial charge in [-0.15, -0.1) is 0 Å². The van der Waals surface area contributed by atoms with Crippen molar-refractivity contribution >= 4 is 5.91 Å². The van der Waals surface area contributed by atoms with Crippen molar-refractivity contribution in [3.05, 3.63) is 42.0 Å². The average molecular weight is 342 g/mol. The van der Waals surface area contributed by atoms with Gasteiger partial charge in [0, 0.05) is 31.0 Å². The van der Waals surface area contributed by atoms with E-state index in [9.17, 15) is 4.79 Å². The third-order valence-corrected chi connectivity index (χ3v) is 5.45. The number of carbonyl (C=O) groups is 1. The molecule has 1 fully saturated rings. The summed E-state index contributed by atoms with van der Waals surface area (Å²) < 4.78 is 5.28. The van der Waals surface area contributed by atoms with Crippen LogP contribution in [0.2, 0.25) is 0 Å². The molecule has 4 nitrogen and oxygen atoms in total. The van der Waals surface area contributed by atoms with Crippen LogP contribution in [-0.4, -0.2) is 43.6 Å². The van der Waals surface area contributed by atoms with E-state index in [1.807, 2.05) is 12.1 Å². The van der Waals surface area contributed by atoms with E-state index in [-0.39, 0.29) is 17.9 Å². The molecule has 3 atom stereocenters. The SMILES string of the molecule is CCCN1C[C@H](NC(=O)[C@H]2CC=CCC2)[C@@H](c2ccc(OC)cc2)C1. The van der Waals surface area contributed by atoms with Gasteiger partial charge < -0.3 is 15.0 Å². The van der Waals surface area contributed by atoms with Crippen LogP contribution in [0.5, 0.6) is 5.75 Å². The number of nitrogens with one attached hydrogen (secondary N) is 1. The van der Waals surface area contributed by atoms with Crippen molar-refractivity contribution in [3.63, 3.8) is 0 Å². The maximum Gasteiger partial charge on any atom is 0.223 e. The van der Waals surface area contributed by atoms with Crippen LogP contribution < -0.4 is 10.1 Å². The number of nitrogens with zero attached hydrogens (tertiary/aromatic N) is 1. The third-order valence-electron chi connectivity index (χ3n) is 5.45. The summed E-state index contributed by atoms with van der Waals surface area (Å²) in [7, 11) is 1.69. The fourth-order valence-corrected chi connectivity index (χ4v) is 4.05. The fraction of sp³-hybridized carbons (Fsp3) is 0.571. The molecule has 0 bridgehead atoms. The molecule has 2 aliphatic rings.